The summed E-state index contributed by atoms with van der Waals surface area (Å²) in [5.41, 5.74) is 0.817. The molecule has 1 aromatic rings. The Balaban J connectivity index is 2.21. The molecule has 144 valence electrons. The SMILES string of the molecule is CCc1cc(N2CCN(C(C)=O)CC2)cc(NC(=O)OC(C)(C)C)c1F. The van der Waals surface area contributed by atoms with Gasteiger partial charge in [0.2, 0.25) is 5.91 Å². The lowest BCUT2D eigenvalue weighted by Gasteiger charge is -2.36. The fourth-order valence-electron chi connectivity index (χ4n) is 2.89. The number of carbonyl (C=O) groups excluding carboxylic acids is 2. The monoisotopic (exact) mass is 365 g/mol. The quantitative estimate of drug-likeness (QED) is 0.892. The molecule has 1 fully saturated rings. The van der Waals surface area contributed by atoms with Gasteiger partial charge in [0.15, 0.2) is 0 Å². The fourth-order valence-corrected chi connectivity index (χ4v) is 2.89. The maximum absolute atomic E-state index is 14.6. The van der Waals surface area contributed by atoms with Crippen LogP contribution in [0.15, 0.2) is 12.1 Å². The Kier molecular flexibility index (Phi) is 6.10. The summed E-state index contributed by atoms with van der Waals surface area (Å²) in [6, 6.07) is 3.43. The van der Waals surface area contributed by atoms with E-state index in [2.05, 4.69) is 10.2 Å². The third-order valence-electron chi connectivity index (χ3n) is 4.24. The first-order chi connectivity index (χ1) is 12.1. The summed E-state index contributed by atoms with van der Waals surface area (Å²) < 4.78 is 19.9. The van der Waals surface area contributed by atoms with Gasteiger partial charge in [-0.1, -0.05) is 6.92 Å². The zero-order chi connectivity index (χ0) is 19.5. The zero-order valence-corrected chi connectivity index (χ0v) is 16.2. The molecule has 2 amide bonds. The highest BCUT2D eigenvalue weighted by Crippen LogP contribution is 2.28. The number of hydrogen-bond acceptors (Lipinski definition) is 4. The van der Waals surface area contributed by atoms with Crippen molar-refractivity contribution < 1.29 is 18.7 Å². The third-order valence-corrected chi connectivity index (χ3v) is 4.24. The van der Waals surface area contributed by atoms with E-state index in [-0.39, 0.29) is 11.6 Å². The van der Waals surface area contributed by atoms with E-state index in [0.29, 0.717) is 38.2 Å². The van der Waals surface area contributed by atoms with Gasteiger partial charge in [0, 0.05) is 38.8 Å². The largest absolute Gasteiger partial charge is 0.444 e. The molecule has 1 aliphatic heterocycles. The smallest absolute Gasteiger partial charge is 0.412 e. The molecule has 1 saturated heterocycles. The Morgan fingerprint density at radius 2 is 1.81 bits per heavy atom. The van der Waals surface area contributed by atoms with E-state index >= 15 is 0 Å². The highest BCUT2D eigenvalue weighted by atomic mass is 19.1. The lowest BCUT2D eigenvalue weighted by molar-refractivity contribution is -0.129. The van der Waals surface area contributed by atoms with Gasteiger partial charge in [-0.3, -0.25) is 10.1 Å². The molecule has 0 bridgehead atoms. The van der Waals surface area contributed by atoms with Gasteiger partial charge in [-0.15, -0.1) is 0 Å². The second-order valence-corrected chi connectivity index (χ2v) is 7.44. The number of aryl methyl sites for hydroxylation is 1. The van der Waals surface area contributed by atoms with Gasteiger partial charge in [-0.05, 0) is 44.9 Å². The van der Waals surface area contributed by atoms with Crippen molar-refractivity contribution >= 4 is 23.4 Å². The van der Waals surface area contributed by atoms with Gasteiger partial charge in [-0.2, -0.15) is 0 Å². The molecular formula is C19H28FN3O3. The van der Waals surface area contributed by atoms with Crippen molar-refractivity contribution in [3.8, 4) is 0 Å². The van der Waals surface area contributed by atoms with Gasteiger partial charge < -0.3 is 14.5 Å². The van der Waals surface area contributed by atoms with Crippen molar-refractivity contribution in [2.24, 2.45) is 0 Å². The Morgan fingerprint density at radius 1 is 1.19 bits per heavy atom. The Bertz CT molecular complexity index is 677. The number of rotatable bonds is 3. The number of anilines is 2. The Morgan fingerprint density at radius 3 is 2.31 bits per heavy atom. The van der Waals surface area contributed by atoms with Gasteiger partial charge in [0.25, 0.3) is 0 Å². The highest BCUT2D eigenvalue weighted by Gasteiger charge is 2.22. The molecule has 2 rings (SSSR count). The first-order valence-corrected chi connectivity index (χ1v) is 8.93. The first kappa shape index (κ1) is 20.0. The fraction of sp³-hybridized carbons (Fsp3) is 0.579. The summed E-state index contributed by atoms with van der Waals surface area (Å²) in [6.07, 6.45) is -0.173. The predicted octanol–water partition coefficient (Wildman–Crippen LogP) is 3.40. The number of ether oxygens (including phenoxy) is 1. The van der Waals surface area contributed by atoms with Crippen LogP contribution >= 0.6 is 0 Å². The number of nitrogens with one attached hydrogen (secondary N) is 1. The van der Waals surface area contributed by atoms with Crippen LogP contribution in [0.1, 0.15) is 40.2 Å². The van der Waals surface area contributed by atoms with E-state index in [4.69, 9.17) is 4.74 Å². The molecule has 0 unspecified atom stereocenters. The highest BCUT2D eigenvalue weighted by molar-refractivity contribution is 5.86. The van der Waals surface area contributed by atoms with Crippen LogP contribution < -0.4 is 10.2 Å². The number of nitrogens with zero attached hydrogens (tertiary/aromatic N) is 2. The van der Waals surface area contributed by atoms with Crippen molar-refractivity contribution in [1.82, 2.24) is 4.90 Å². The van der Waals surface area contributed by atoms with Crippen LogP contribution in [0.3, 0.4) is 0 Å². The Labute approximate surface area is 154 Å². The maximum Gasteiger partial charge on any atom is 0.412 e. The van der Waals surface area contributed by atoms with E-state index in [0.717, 1.165) is 5.69 Å². The molecule has 1 heterocycles. The van der Waals surface area contributed by atoms with Gasteiger partial charge in [0.05, 0.1) is 5.69 Å². The zero-order valence-electron chi connectivity index (χ0n) is 16.2. The second-order valence-electron chi connectivity index (χ2n) is 7.44. The van der Waals surface area contributed by atoms with Crippen LogP contribution in [-0.2, 0) is 16.0 Å². The number of hydrogen-bond donors (Lipinski definition) is 1. The van der Waals surface area contributed by atoms with Crippen molar-refractivity contribution in [2.75, 3.05) is 36.4 Å². The topological polar surface area (TPSA) is 61.9 Å². The summed E-state index contributed by atoms with van der Waals surface area (Å²) in [7, 11) is 0. The molecule has 6 nitrogen and oxygen atoms in total. The molecule has 0 aliphatic carbocycles. The van der Waals surface area contributed by atoms with E-state index in [1.807, 2.05) is 6.92 Å². The second kappa shape index (κ2) is 7.93. The van der Waals surface area contributed by atoms with Crippen molar-refractivity contribution in [3.05, 3.63) is 23.5 Å². The normalized spacial score (nSPS) is 15.0. The molecule has 7 heteroatoms. The average molecular weight is 365 g/mol. The minimum Gasteiger partial charge on any atom is -0.444 e. The van der Waals surface area contributed by atoms with E-state index in [1.165, 1.54) is 0 Å². The molecule has 26 heavy (non-hydrogen) atoms. The van der Waals surface area contributed by atoms with Crippen LogP contribution in [0, 0.1) is 5.82 Å². The van der Waals surface area contributed by atoms with E-state index in [9.17, 15) is 14.0 Å². The van der Waals surface area contributed by atoms with Gasteiger partial charge >= 0.3 is 6.09 Å². The molecule has 0 radical (unpaired) electrons. The van der Waals surface area contributed by atoms with Crippen molar-refractivity contribution in [1.29, 1.82) is 0 Å². The third kappa shape index (κ3) is 5.09. The molecule has 0 spiro atoms. The van der Waals surface area contributed by atoms with E-state index in [1.54, 1.807) is 44.7 Å². The van der Waals surface area contributed by atoms with Gasteiger partial charge in [-0.25, -0.2) is 9.18 Å². The number of halogens is 1. The van der Waals surface area contributed by atoms with Crippen LogP contribution in [0.25, 0.3) is 0 Å². The van der Waals surface area contributed by atoms with Crippen molar-refractivity contribution in [2.45, 2.75) is 46.6 Å². The number of amides is 2. The van der Waals surface area contributed by atoms with Gasteiger partial charge in [0.1, 0.15) is 11.4 Å². The van der Waals surface area contributed by atoms with Crippen LogP contribution in [-0.4, -0.2) is 48.7 Å². The number of benzene rings is 1. The van der Waals surface area contributed by atoms with Crippen molar-refractivity contribution in [3.63, 3.8) is 0 Å². The summed E-state index contributed by atoms with van der Waals surface area (Å²) in [4.78, 5) is 27.4. The molecule has 0 atom stereocenters. The summed E-state index contributed by atoms with van der Waals surface area (Å²) in [6.45, 7) is 11.3. The Hall–Kier alpha value is -2.31. The molecule has 1 N–H and O–H groups in total. The molecule has 0 saturated carbocycles. The summed E-state index contributed by atoms with van der Waals surface area (Å²) >= 11 is 0. The van der Waals surface area contributed by atoms with E-state index < -0.39 is 17.5 Å². The first-order valence-electron chi connectivity index (χ1n) is 8.93. The number of carbonyl (C=O) groups is 2. The maximum atomic E-state index is 14.6. The van der Waals surface area contributed by atoms with Crippen LogP contribution in [0.2, 0.25) is 0 Å². The minimum absolute atomic E-state index is 0.0604. The average Bonchev–Trinajstić information content (AvgIpc) is 2.55. The summed E-state index contributed by atoms with van der Waals surface area (Å²) in [5.74, 6) is -0.380. The molecule has 0 aromatic heterocycles. The lowest BCUT2D eigenvalue weighted by Crippen LogP contribution is -2.48. The minimum atomic E-state index is -0.683. The summed E-state index contributed by atoms with van der Waals surface area (Å²) in [5, 5.41) is 2.52. The van der Waals surface area contributed by atoms with Crippen LogP contribution in [0.4, 0.5) is 20.6 Å². The predicted molar refractivity (Wildman–Crippen MR) is 100 cm³/mol. The molecule has 1 aromatic carbocycles. The lowest BCUT2D eigenvalue weighted by atomic mass is 10.1. The molecule has 1 aliphatic rings. The van der Waals surface area contributed by atoms with Crippen LogP contribution in [0.5, 0.6) is 0 Å². The standard InChI is InChI=1S/C19H28FN3O3/c1-6-14-11-15(23-9-7-22(8-10-23)13(2)24)12-16(17(14)20)21-18(25)26-19(3,4)5/h11-12H,6-10H2,1-5H3,(H,21,25). The number of piperazine rings is 1. The molecular weight excluding hydrogens is 337 g/mol.